The standard InChI is InChI=1S/C14H23NO3S/c1-5-14(2,3)15-10-13(16)11-6-8-12(9-7-11)19(4,17)18/h6-9,13,15-16H,5,10H2,1-4H3. The van der Waals surface area contributed by atoms with E-state index in [1.807, 2.05) is 0 Å². The zero-order valence-electron chi connectivity index (χ0n) is 12.0. The number of hydrogen-bond donors (Lipinski definition) is 2. The number of hydrogen-bond acceptors (Lipinski definition) is 4. The molecule has 2 N–H and O–H groups in total. The molecule has 1 aromatic carbocycles. The molecule has 0 bridgehead atoms. The topological polar surface area (TPSA) is 66.4 Å². The van der Waals surface area contributed by atoms with Gasteiger partial charge in [-0.3, -0.25) is 0 Å². The van der Waals surface area contributed by atoms with Gasteiger partial charge in [0.1, 0.15) is 0 Å². The number of nitrogens with one attached hydrogen (secondary N) is 1. The molecule has 0 spiro atoms. The zero-order chi connectivity index (χ0) is 14.7. The summed E-state index contributed by atoms with van der Waals surface area (Å²) in [6.07, 6.45) is 1.50. The van der Waals surface area contributed by atoms with Crippen molar-refractivity contribution in [2.75, 3.05) is 12.8 Å². The Balaban J connectivity index is 2.71. The van der Waals surface area contributed by atoms with Crippen LogP contribution >= 0.6 is 0 Å². The van der Waals surface area contributed by atoms with Crippen molar-refractivity contribution >= 4 is 9.84 Å². The Morgan fingerprint density at radius 2 is 1.79 bits per heavy atom. The molecular formula is C14H23NO3S. The van der Waals surface area contributed by atoms with Crippen LogP contribution in [0, 0.1) is 0 Å². The van der Waals surface area contributed by atoms with Crippen molar-refractivity contribution in [1.82, 2.24) is 5.32 Å². The first-order chi connectivity index (χ1) is 8.65. The fourth-order valence-corrected chi connectivity index (χ4v) is 2.18. The van der Waals surface area contributed by atoms with E-state index in [0.717, 1.165) is 6.42 Å². The molecule has 108 valence electrons. The first-order valence-corrected chi connectivity index (χ1v) is 8.28. The SMILES string of the molecule is CCC(C)(C)NCC(O)c1ccc(S(C)(=O)=O)cc1. The Kier molecular flexibility index (Phi) is 5.12. The van der Waals surface area contributed by atoms with E-state index < -0.39 is 15.9 Å². The van der Waals surface area contributed by atoms with Gasteiger partial charge in [-0.25, -0.2) is 8.42 Å². The van der Waals surface area contributed by atoms with Crippen molar-refractivity contribution in [3.8, 4) is 0 Å². The summed E-state index contributed by atoms with van der Waals surface area (Å²) in [6.45, 7) is 6.68. The minimum atomic E-state index is -3.18. The van der Waals surface area contributed by atoms with Crippen LogP contribution in [0.25, 0.3) is 0 Å². The molecule has 0 amide bonds. The molecule has 0 aliphatic heterocycles. The van der Waals surface area contributed by atoms with Gasteiger partial charge in [0.05, 0.1) is 11.0 Å². The van der Waals surface area contributed by atoms with Gasteiger partial charge in [-0.05, 0) is 38.0 Å². The maximum absolute atomic E-state index is 11.3. The van der Waals surface area contributed by atoms with Crippen LogP contribution in [0.4, 0.5) is 0 Å². The van der Waals surface area contributed by atoms with Crippen molar-refractivity contribution in [1.29, 1.82) is 0 Å². The molecular weight excluding hydrogens is 262 g/mol. The van der Waals surface area contributed by atoms with E-state index in [0.29, 0.717) is 12.1 Å². The van der Waals surface area contributed by atoms with E-state index in [4.69, 9.17) is 0 Å². The summed E-state index contributed by atoms with van der Waals surface area (Å²) < 4.78 is 22.7. The van der Waals surface area contributed by atoms with Crippen LogP contribution in [-0.2, 0) is 9.84 Å². The van der Waals surface area contributed by atoms with Gasteiger partial charge < -0.3 is 10.4 Å². The highest BCUT2D eigenvalue weighted by Gasteiger charge is 2.17. The van der Waals surface area contributed by atoms with Gasteiger partial charge in [-0.2, -0.15) is 0 Å². The third-order valence-corrected chi connectivity index (χ3v) is 4.48. The molecule has 0 heterocycles. The lowest BCUT2D eigenvalue weighted by molar-refractivity contribution is 0.160. The molecule has 5 heteroatoms. The number of aliphatic hydroxyl groups is 1. The second kappa shape index (κ2) is 6.03. The molecule has 0 saturated heterocycles. The van der Waals surface area contributed by atoms with Crippen LogP contribution < -0.4 is 5.32 Å². The number of β-amino-alcohol motifs (C(OH)–C–C–N with tert-alkyl or cyclic N) is 1. The Labute approximate surface area is 115 Å². The average molecular weight is 285 g/mol. The molecule has 0 fully saturated rings. The van der Waals surface area contributed by atoms with Gasteiger partial charge in [0.15, 0.2) is 9.84 Å². The Morgan fingerprint density at radius 1 is 1.26 bits per heavy atom. The molecule has 0 radical (unpaired) electrons. The molecule has 4 nitrogen and oxygen atoms in total. The molecule has 0 saturated carbocycles. The van der Waals surface area contributed by atoms with Gasteiger partial charge >= 0.3 is 0 Å². The monoisotopic (exact) mass is 285 g/mol. The molecule has 0 aliphatic rings. The lowest BCUT2D eigenvalue weighted by Gasteiger charge is -2.26. The minimum Gasteiger partial charge on any atom is -0.387 e. The van der Waals surface area contributed by atoms with Crippen LogP contribution in [-0.4, -0.2) is 31.9 Å². The predicted octanol–water partition coefficient (Wildman–Crippen LogP) is 1.90. The second-order valence-electron chi connectivity index (χ2n) is 5.48. The van der Waals surface area contributed by atoms with E-state index in [1.165, 1.54) is 18.4 Å². The van der Waals surface area contributed by atoms with E-state index >= 15 is 0 Å². The van der Waals surface area contributed by atoms with Gasteiger partial charge in [0.25, 0.3) is 0 Å². The number of rotatable bonds is 6. The van der Waals surface area contributed by atoms with E-state index in [2.05, 4.69) is 26.1 Å². The highest BCUT2D eigenvalue weighted by atomic mass is 32.2. The molecule has 0 aliphatic carbocycles. The molecule has 19 heavy (non-hydrogen) atoms. The fraction of sp³-hybridized carbons (Fsp3) is 0.571. The van der Waals surface area contributed by atoms with Crippen LogP contribution in [0.3, 0.4) is 0 Å². The van der Waals surface area contributed by atoms with Gasteiger partial charge in [-0.1, -0.05) is 19.1 Å². The van der Waals surface area contributed by atoms with Crippen molar-refractivity contribution < 1.29 is 13.5 Å². The number of sulfone groups is 1. The summed E-state index contributed by atoms with van der Waals surface area (Å²) in [5, 5.41) is 13.3. The van der Waals surface area contributed by atoms with Crippen molar-refractivity contribution in [3.63, 3.8) is 0 Å². The molecule has 0 aromatic heterocycles. The molecule has 1 unspecified atom stereocenters. The van der Waals surface area contributed by atoms with Crippen molar-refractivity contribution in [2.24, 2.45) is 0 Å². The van der Waals surface area contributed by atoms with Crippen molar-refractivity contribution in [2.45, 2.75) is 43.7 Å². The Bertz CT molecular complexity index is 506. The van der Waals surface area contributed by atoms with Crippen molar-refractivity contribution in [3.05, 3.63) is 29.8 Å². The lowest BCUT2D eigenvalue weighted by atomic mass is 10.0. The summed E-state index contributed by atoms with van der Waals surface area (Å²) in [7, 11) is -3.18. The summed E-state index contributed by atoms with van der Waals surface area (Å²) >= 11 is 0. The Hall–Kier alpha value is -0.910. The predicted molar refractivity (Wildman–Crippen MR) is 76.9 cm³/mol. The van der Waals surface area contributed by atoms with Gasteiger partial charge in [-0.15, -0.1) is 0 Å². The normalized spacial score (nSPS) is 14.4. The zero-order valence-corrected chi connectivity index (χ0v) is 12.8. The number of aliphatic hydroxyl groups excluding tert-OH is 1. The van der Waals surface area contributed by atoms with Gasteiger partial charge in [0.2, 0.25) is 0 Å². The van der Waals surface area contributed by atoms with E-state index in [1.54, 1.807) is 12.1 Å². The summed E-state index contributed by atoms with van der Waals surface area (Å²) in [4.78, 5) is 0.269. The highest BCUT2D eigenvalue weighted by Crippen LogP contribution is 2.17. The number of benzene rings is 1. The third-order valence-electron chi connectivity index (χ3n) is 3.35. The first-order valence-electron chi connectivity index (χ1n) is 6.39. The quantitative estimate of drug-likeness (QED) is 0.838. The van der Waals surface area contributed by atoms with E-state index in [9.17, 15) is 13.5 Å². The fourth-order valence-electron chi connectivity index (χ4n) is 1.55. The summed E-state index contributed by atoms with van der Waals surface area (Å²) in [5.41, 5.74) is 0.694. The third kappa shape index (κ3) is 4.93. The Morgan fingerprint density at radius 3 is 2.21 bits per heavy atom. The smallest absolute Gasteiger partial charge is 0.175 e. The molecule has 1 aromatic rings. The molecule has 1 rings (SSSR count). The molecule has 1 atom stereocenters. The van der Waals surface area contributed by atoms with Crippen LogP contribution in [0.5, 0.6) is 0 Å². The minimum absolute atomic E-state index is 0.0202. The van der Waals surface area contributed by atoms with Crippen LogP contribution in [0.2, 0.25) is 0 Å². The average Bonchev–Trinajstić information content (AvgIpc) is 2.35. The largest absolute Gasteiger partial charge is 0.387 e. The maximum atomic E-state index is 11.3. The van der Waals surface area contributed by atoms with E-state index in [-0.39, 0.29) is 10.4 Å². The van der Waals surface area contributed by atoms with Crippen LogP contribution in [0.1, 0.15) is 38.9 Å². The summed E-state index contributed by atoms with van der Waals surface area (Å²) in [6, 6.07) is 6.36. The lowest BCUT2D eigenvalue weighted by Crippen LogP contribution is -2.40. The van der Waals surface area contributed by atoms with Gasteiger partial charge in [0, 0.05) is 18.3 Å². The first kappa shape index (κ1) is 16.1. The maximum Gasteiger partial charge on any atom is 0.175 e. The highest BCUT2D eigenvalue weighted by molar-refractivity contribution is 7.90. The second-order valence-corrected chi connectivity index (χ2v) is 7.49. The summed E-state index contributed by atoms with van der Waals surface area (Å²) in [5.74, 6) is 0. The van der Waals surface area contributed by atoms with Crippen LogP contribution in [0.15, 0.2) is 29.2 Å².